The fourth-order valence-electron chi connectivity index (χ4n) is 3.59. The highest BCUT2D eigenvalue weighted by atomic mass is 16.5. The van der Waals surface area contributed by atoms with Gasteiger partial charge in [0.1, 0.15) is 18.1 Å². The van der Waals surface area contributed by atoms with Crippen LogP contribution in [0, 0.1) is 0 Å². The van der Waals surface area contributed by atoms with Gasteiger partial charge in [0.15, 0.2) is 0 Å². The zero-order valence-electron chi connectivity index (χ0n) is 16.2. The second-order valence-electron chi connectivity index (χ2n) is 6.97. The highest BCUT2D eigenvalue weighted by Gasteiger charge is 2.28. The molecule has 0 aliphatic carbocycles. The number of rotatable bonds is 6. The first kappa shape index (κ1) is 19.1. The van der Waals surface area contributed by atoms with Crippen molar-refractivity contribution in [3.8, 4) is 5.75 Å². The molecule has 1 amide bonds. The summed E-state index contributed by atoms with van der Waals surface area (Å²) >= 11 is 0. The van der Waals surface area contributed by atoms with Gasteiger partial charge < -0.3 is 9.64 Å². The number of carbonyl (C=O) groups is 1. The Morgan fingerprint density at radius 2 is 1.62 bits per heavy atom. The Hall–Kier alpha value is -3.25. The van der Waals surface area contributed by atoms with Crippen LogP contribution in [0.1, 0.15) is 22.1 Å². The lowest BCUT2D eigenvalue weighted by Crippen LogP contribution is -2.50. The van der Waals surface area contributed by atoms with Crippen molar-refractivity contribution in [3.05, 3.63) is 90.5 Å². The van der Waals surface area contributed by atoms with E-state index in [1.54, 1.807) is 12.4 Å². The van der Waals surface area contributed by atoms with Gasteiger partial charge in [-0.1, -0.05) is 48.5 Å². The van der Waals surface area contributed by atoms with Crippen molar-refractivity contribution in [2.45, 2.75) is 6.04 Å². The van der Waals surface area contributed by atoms with E-state index in [0.717, 1.165) is 18.8 Å². The average Bonchev–Trinajstić information content (AvgIpc) is 2.81. The molecule has 3 aromatic rings. The van der Waals surface area contributed by atoms with Gasteiger partial charge in [-0.3, -0.25) is 14.7 Å². The maximum absolute atomic E-state index is 12.6. The summed E-state index contributed by atoms with van der Waals surface area (Å²) in [6.45, 7) is 3.44. The molecular formula is C23H24N4O2. The Kier molecular flexibility index (Phi) is 6.12. The molecule has 0 N–H and O–H groups in total. The number of para-hydroxylation sites is 1. The Labute approximate surface area is 170 Å². The predicted molar refractivity (Wildman–Crippen MR) is 111 cm³/mol. The molecule has 1 unspecified atom stereocenters. The highest BCUT2D eigenvalue weighted by Crippen LogP contribution is 2.24. The van der Waals surface area contributed by atoms with Crippen molar-refractivity contribution in [1.82, 2.24) is 19.8 Å². The summed E-state index contributed by atoms with van der Waals surface area (Å²) < 4.78 is 6.08. The lowest BCUT2D eigenvalue weighted by atomic mass is 10.0. The SMILES string of the molecule is O=C(c1cnccn1)N1CCN(C(COc2ccccc2)c2ccccc2)CC1. The van der Waals surface area contributed by atoms with Crippen molar-refractivity contribution < 1.29 is 9.53 Å². The lowest BCUT2D eigenvalue weighted by Gasteiger charge is -2.39. The number of piperazine rings is 1. The number of carbonyl (C=O) groups excluding carboxylic acids is 1. The number of hydrogen-bond acceptors (Lipinski definition) is 5. The highest BCUT2D eigenvalue weighted by molar-refractivity contribution is 5.92. The maximum atomic E-state index is 12.6. The molecule has 0 saturated carbocycles. The van der Waals surface area contributed by atoms with Gasteiger partial charge in [-0.05, 0) is 17.7 Å². The third-order valence-corrected chi connectivity index (χ3v) is 5.16. The molecule has 0 bridgehead atoms. The monoisotopic (exact) mass is 388 g/mol. The molecule has 1 aromatic heterocycles. The first-order valence-electron chi connectivity index (χ1n) is 9.83. The normalized spacial score (nSPS) is 15.7. The number of ether oxygens (including phenoxy) is 1. The Morgan fingerprint density at radius 3 is 2.28 bits per heavy atom. The number of hydrogen-bond donors (Lipinski definition) is 0. The van der Waals surface area contributed by atoms with Gasteiger partial charge in [0.25, 0.3) is 5.91 Å². The first-order chi connectivity index (χ1) is 14.3. The van der Waals surface area contributed by atoms with E-state index < -0.39 is 0 Å². The van der Waals surface area contributed by atoms with Crippen LogP contribution in [0.25, 0.3) is 0 Å². The van der Waals surface area contributed by atoms with Gasteiger partial charge in [-0.2, -0.15) is 0 Å². The summed E-state index contributed by atoms with van der Waals surface area (Å²) in [6.07, 6.45) is 4.65. The minimum absolute atomic E-state index is 0.0606. The van der Waals surface area contributed by atoms with E-state index in [9.17, 15) is 4.79 Å². The minimum atomic E-state index is -0.0606. The van der Waals surface area contributed by atoms with Gasteiger partial charge >= 0.3 is 0 Å². The Morgan fingerprint density at radius 1 is 0.931 bits per heavy atom. The molecule has 6 nitrogen and oxygen atoms in total. The molecular weight excluding hydrogens is 364 g/mol. The largest absolute Gasteiger partial charge is 0.492 e. The second kappa shape index (κ2) is 9.30. The van der Waals surface area contributed by atoms with E-state index in [1.165, 1.54) is 11.8 Å². The van der Waals surface area contributed by atoms with Crippen LogP contribution in [-0.2, 0) is 0 Å². The Balaban J connectivity index is 1.43. The molecule has 4 rings (SSSR count). The standard InChI is InChI=1S/C23H24N4O2/c28-23(21-17-24-11-12-25-21)27-15-13-26(14-16-27)22(19-7-3-1-4-8-19)18-29-20-9-5-2-6-10-20/h1-12,17,22H,13-16,18H2. The smallest absolute Gasteiger partial charge is 0.274 e. The molecule has 0 spiro atoms. The molecule has 1 aliphatic rings. The fourth-order valence-corrected chi connectivity index (χ4v) is 3.59. The predicted octanol–water partition coefficient (Wildman–Crippen LogP) is 3.05. The maximum Gasteiger partial charge on any atom is 0.274 e. The number of benzene rings is 2. The van der Waals surface area contributed by atoms with Crippen LogP contribution in [0.2, 0.25) is 0 Å². The van der Waals surface area contributed by atoms with E-state index in [0.29, 0.717) is 25.4 Å². The van der Waals surface area contributed by atoms with Crippen LogP contribution in [0.15, 0.2) is 79.3 Å². The lowest BCUT2D eigenvalue weighted by molar-refractivity contribution is 0.0494. The van der Waals surface area contributed by atoms with Crippen LogP contribution >= 0.6 is 0 Å². The summed E-state index contributed by atoms with van der Waals surface area (Å²) in [5.74, 6) is 0.805. The summed E-state index contributed by atoms with van der Waals surface area (Å²) in [6, 6.07) is 20.4. The third kappa shape index (κ3) is 4.78. The van der Waals surface area contributed by atoms with Crippen LogP contribution in [0.4, 0.5) is 0 Å². The van der Waals surface area contributed by atoms with Gasteiger partial charge in [-0.25, -0.2) is 4.98 Å². The molecule has 148 valence electrons. The van der Waals surface area contributed by atoms with E-state index in [1.807, 2.05) is 41.3 Å². The van der Waals surface area contributed by atoms with Gasteiger partial charge in [0, 0.05) is 38.6 Å². The van der Waals surface area contributed by atoms with Crippen LogP contribution in [0.5, 0.6) is 5.75 Å². The van der Waals surface area contributed by atoms with Gasteiger partial charge in [0.05, 0.1) is 12.2 Å². The van der Waals surface area contributed by atoms with Crippen molar-refractivity contribution in [1.29, 1.82) is 0 Å². The zero-order chi connectivity index (χ0) is 19.9. The minimum Gasteiger partial charge on any atom is -0.492 e. The molecule has 1 aliphatic heterocycles. The van der Waals surface area contributed by atoms with E-state index in [2.05, 4.69) is 39.1 Å². The molecule has 2 heterocycles. The molecule has 6 heteroatoms. The second-order valence-corrected chi connectivity index (χ2v) is 6.97. The fraction of sp³-hybridized carbons (Fsp3) is 0.261. The Bertz CT molecular complexity index is 898. The van der Waals surface area contributed by atoms with Crippen molar-refractivity contribution in [2.24, 2.45) is 0 Å². The number of aromatic nitrogens is 2. The molecule has 2 aromatic carbocycles. The van der Waals surface area contributed by atoms with Gasteiger partial charge in [0.2, 0.25) is 0 Å². The van der Waals surface area contributed by atoms with Crippen LogP contribution in [-0.4, -0.2) is 58.5 Å². The molecule has 0 radical (unpaired) electrons. The molecule has 29 heavy (non-hydrogen) atoms. The summed E-state index contributed by atoms with van der Waals surface area (Å²) in [4.78, 5) is 25.0. The number of nitrogens with zero attached hydrogens (tertiary/aromatic N) is 4. The topological polar surface area (TPSA) is 58.6 Å². The van der Waals surface area contributed by atoms with Crippen LogP contribution < -0.4 is 4.74 Å². The van der Waals surface area contributed by atoms with Crippen LogP contribution in [0.3, 0.4) is 0 Å². The van der Waals surface area contributed by atoms with Gasteiger partial charge in [-0.15, -0.1) is 0 Å². The third-order valence-electron chi connectivity index (χ3n) is 5.16. The summed E-state index contributed by atoms with van der Waals surface area (Å²) in [5.41, 5.74) is 1.62. The molecule has 1 fully saturated rings. The van der Waals surface area contributed by atoms with Crippen molar-refractivity contribution >= 4 is 5.91 Å². The van der Waals surface area contributed by atoms with Crippen molar-refractivity contribution in [3.63, 3.8) is 0 Å². The quantitative estimate of drug-likeness (QED) is 0.650. The summed E-state index contributed by atoms with van der Waals surface area (Å²) in [5, 5.41) is 0. The van der Waals surface area contributed by atoms with E-state index in [-0.39, 0.29) is 11.9 Å². The number of amides is 1. The summed E-state index contributed by atoms with van der Waals surface area (Å²) in [7, 11) is 0. The molecule has 1 saturated heterocycles. The molecule has 1 atom stereocenters. The van der Waals surface area contributed by atoms with E-state index >= 15 is 0 Å². The van der Waals surface area contributed by atoms with Crippen molar-refractivity contribution in [2.75, 3.05) is 32.8 Å². The first-order valence-corrected chi connectivity index (χ1v) is 9.83. The average molecular weight is 388 g/mol. The van der Waals surface area contributed by atoms with E-state index in [4.69, 9.17) is 4.74 Å². The zero-order valence-corrected chi connectivity index (χ0v) is 16.2.